The molecule has 0 saturated heterocycles. The maximum absolute atomic E-state index is 13.2. The summed E-state index contributed by atoms with van der Waals surface area (Å²) in [7, 11) is 0. The molecule has 0 aliphatic rings. The number of hydrogen-bond donors (Lipinski definition) is 1. The molecule has 2 atom stereocenters. The fourth-order valence-corrected chi connectivity index (χ4v) is 4.80. The van der Waals surface area contributed by atoms with Crippen molar-refractivity contribution in [2.24, 2.45) is 0 Å². The highest BCUT2D eigenvalue weighted by Gasteiger charge is 2.33. The second-order valence-electron chi connectivity index (χ2n) is 11.8. The van der Waals surface area contributed by atoms with Crippen LogP contribution in [0.4, 0.5) is 0 Å². The van der Waals surface area contributed by atoms with Gasteiger partial charge in [0.2, 0.25) is 5.62 Å². The van der Waals surface area contributed by atoms with Gasteiger partial charge in [0, 0.05) is 17.2 Å². The van der Waals surface area contributed by atoms with E-state index in [9.17, 15) is 14.4 Å². The molecule has 48 heavy (non-hydrogen) atoms. The van der Waals surface area contributed by atoms with Crippen LogP contribution in [-0.2, 0) is 44.4 Å². The van der Waals surface area contributed by atoms with Gasteiger partial charge in [-0.1, -0.05) is 61.2 Å². The Morgan fingerprint density at radius 2 is 1.19 bits per heavy atom. The number of carbonyl (C=O) groups excluding carboxylic acids is 3. The van der Waals surface area contributed by atoms with Crippen molar-refractivity contribution < 1.29 is 47.5 Å². The molecule has 0 amide bonds. The second-order valence-corrected chi connectivity index (χ2v) is 12.2. The molecule has 0 aliphatic heterocycles. The number of ether oxygens (including phenoxy) is 7. The Labute approximate surface area is 290 Å². The van der Waals surface area contributed by atoms with Crippen LogP contribution in [0, 0.1) is 0 Å². The van der Waals surface area contributed by atoms with Crippen LogP contribution in [0.2, 0.25) is 0 Å². The van der Waals surface area contributed by atoms with Crippen molar-refractivity contribution >= 4 is 30.2 Å². The minimum Gasteiger partial charge on any atom is -0.460 e. The molecule has 2 rings (SSSR count). The van der Waals surface area contributed by atoms with E-state index in [2.05, 4.69) is 25.8 Å². The summed E-state index contributed by atoms with van der Waals surface area (Å²) in [5.41, 5.74) is -0.188. The predicted octanol–water partition coefficient (Wildman–Crippen LogP) is 6.16. The molecule has 0 fully saturated rings. The normalized spacial score (nSPS) is 13.0. The predicted molar refractivity (Wildman–Crippen MR) is 186 cm³/mol. The Balaban J connectivity index is 1.82. The highest BCUT2D eigenvalue weighted by Crippen LogP contribution is 2.23. The zero-order chi connectivity index (χ0) is 35.6. The van der Waals surface area contributed by atoms with E-state index in [1.54, 1.807) is 65.0 Å². The van der Waals surface area contributed by atoms with E-state index in [0.29, 0.717) is 37.4 Å². The van der Waals surface area contributed by atoms with Crippen molar-refractivity contribution in [1.29, 1.82) is 0 Å². The highest BCUT2D eigenvalue weighted by atomic mass is 32.1. The number of carbonyl (C=O) groups is 3. The van der Waals surface area contributed by atoms with Crippen LogP contribution >= 0.6 is 12.6 Å². The van der Waals surface area contributed by atoms with Crippen molar-refractivity contribution in [2.45, 2.75) is 70.6 Å². The van der Waals surface area contributed by atoms with Gasteiger partial charge in [-0.05, 0) is 58.6 Å². The Hall–Kier alpha value is -3.16. The molecular formula is C37H50O10S. The van der Waals surface area contributed by atoms with E-state index in [0.717, 1.165) is 23.6 Å². The molecule has 0 N–H and O–H groups in total. The molecule has 0 spiro atoms. The molecule has 0 radical (unpaired) electrons. The van der Waals surface area contributed by atoms with Crippen LogP contribution in [0.25, 0.3) is 0 Å². The first kappa shape index (κ1) is 41.0. The summed E-state index contributed by atoms with van der Waals surface area (Å²) < 4.78 is 38.4. The third-order valence-corrected chi connectivity index (χ3v) is 7.22. The SMILES string of the molecule is C=CCCOCCOC(C)OC(C)(C)C(=O)c1ccc(Cc2ccc(C(=O)C(C)(C)OC(S)OCCOCCOC(=O)C=C)cc2)cc1. The number of benzene rings is 2. The van der Waals surface area contributed by atoms with Crippen molar-refractivity contribution in [3.8, 4) is 0 Å². The van der Waals surface area contributed by atoms with Gasteiger partial charge in [-0.2, -0.15) is 0 Å². The molecule has 0 heterocycles. The Bertz CT molecular complexity index is 1300. The van der Waals surface area contributed by atoms with E-state index in [1.165, 1.54) is 0 Å². The zero-order valence-electron chi connectivity index (χ0n) is 28.7. The smallest absolute Gasteiger partial charge is 0.330 e. The molecule has 0 bridgehead atoms. The number of Topliss-reactive ketones (excluding diaryl/α,β-unsaturated/α-hetero) is 2. The molecule has 11 heteroatoms. The number of ketones is 2. The third-order valence-electron chi connectivity index (χ3n) is 6.96. The van der Waals surface area contributed by atoms with Crippen LogP contribution in [0.3, 0.4) is 0 Å². The van der Waals surface area contributed by atoms with Gasteiger partial charge in [-0.3, -0.25) is 9.59 Å². The Kier molecular flexibility index (Phi) is 18.0. The van der Waals surface area contributed by atoms with Gasteiger partial charge >= 0.3 is 5.97 Å². The van der Waals surface area contributed by atoms with E-state index >= 15 is 0 Å². The summed E-state index contributed by atoms with van der Waals surface area (Å²) in [5, 5.41) is 0. The lowest BCUT2D eigenvalue weighted by molar-refractivity contribution is -0.180. The third kappa shape index (κ3) is 14.9. The molecule has 264 valence electrons. The van der Waals surface area contributed by atoms with Gasteiger partial charge in [0.1, 0.15) is 17.8 Å². The summed E-state index contributed by atoms with van der Waals surface area (Å²) in [6.07, 6.45) is 3.70. The molecule has 0 saturated carbocycles. The fourth-order valence-electron chi connectivity index (χ4n) is 4.43. The van der Waals surface area contributed by atoms with Crippen LogP contribution in [0.15, 0.2) is 73.8 Å². The van der Waals surface area contributed by atoms with E-state index in [4.69, 9.17) is 33.2 Å². The first-order valence-corrected chi connectivity index (χ1v) is 16.4. The number of thiol groups is 1. The highest BCUT2D eigenvalue weighted by molar-refractivity contribution is 7.80. The summed E-state index contributed by atoms with van der Waals surface area (Å²) in [5.74, 6) is -0.881. The molecule has 10 nitrogen and oxygen atoms in total. The van der Waals surface area contributed by atoms with Crippen LogP contribution in [0.5, 0.6) is 0 Å². The largest absolute Gasteiger partial charge is 0.460 e. The average molecular weight is 687 g/mol. The van der Waals surface area contributed by atoms with Crippen LogP contribution in [-0.4, -0.2) is 86.9 Å². The van der Waals surface area contributed by atoms with Gasteiger partial charge in [0.15, 0.2) is 17.9 Å². The van der Waals surface area contributed by atoms with Crippen molar-refractivity contribution in [3.63, 3.8) is 0 Å². The topological polar surface area (TPSA) is 116 Å². The van der Waals surface area contributed by atoms with Crippen LogP contribution in [0.1, 0.15) is 72.9 Å². The monoisotopic (exact) mass is 686 g/mol. The second kappa shape index (κ2) is 21.0. The molecule has 0 aromatic heterocycles. The lowest BCUT2D eigenvalue weighted by Crippen LogP contribution is -2.39. The van der Waals surface area contributed by atoms with Crippen molar-refractivity contribution in [2.75, 3.05) is 46.2 Å². The number of esters is 1. The van der Waals surface area contributed by atoms with E-state index in [-0.39, 0.29) is 38.0 Å². The summed E-state index contributed by atoms with van der Waals surface area (Å²) in [4.78, 5) is 37.4. The summed E-state index contributed by atoms with van der Waals surface area (Å²) >= 11 is 4.29. The van der Waals surface area contributed by atoms with Gasteiger partial charge in [0.05, 0.1) is 39.6 Å². The molecule has 2 aromatic rings. The van der Waals surface area contributed by atoms with Crippen molar-refractivity contribution in [3.05, 3.63) is 96.1 Å². The fraction of sp³-hybridized carbons (Fsp3) is 0.486. The molecule has 2 aromatic carbocycles. The van der Waals surface area contributed by atoms with Gasteiger partial charge in [0.25, 0.3) is 0 Å². The lowest BCUT2D eigenvalue weighted by Gasteiger charge is -2.28. The minimum absolute atomic E-state index is 0.110. The number of rotatable bonds is 25. The zero-order valence-corrected chi connectivity index (χ0v) is 29.6. The quantitative estimate of drug-likeness (QED) is 0.0248. The Morgan fingerprint density at radius 1 is 0.708 bits per heavy atom. The standard InChI is InChI=1S/C37H50O10S/c1-8-10-19-41-20-23-43-27(3)46-36(4,5)33(39)30-15-11-28(12-16-30)26-29-13-17-31(18-14-29)34(40)37(6,7)47-35(48)45-25-22-42-21-24-44-32(38)9-2/h8-9,11-18,27,35,48H,1-2,10,19-26H2,3-7H3. The average Bonchev–Trinajstić information content (AvgIpc) is 3.05. The van der Waals surface area contributed by atoms with E-state index < -0.39 is 29.1 Å². The maximum Gasteiger partial charge on any atom is 0.330 e. The van der Waals surface area contributed by atoms with Gasteiger partial charge in [-0.25, -0.2) is 4.79 Å². The molecule has 0 aliphatic carbocycles. The Morgan fingerprint density at radius 3 is 1.71 bits per heavy atom. The first-order chi connectivity index (χ1) is 22.8. The van der Waals surface area contributed by atoms with Gasteiger partial charge < -0.3 is 33.2 Å². The maximum atomic E-state index is 13.2. The van der Waals surface area contributed by atoms with Crippen molar-refractivity contribution in [1.82, 2.24) is 0 Å². The molecular weight excluding hydrogens is 636 g/mol. The summed E-state index contributed by atoms with van der Waals surface area (Å²) in [6, 6.07) is 14.7. The van der Waals surface area contributed by atoms with Gasteiger partial charge in [-0.15, -0.1) is 19.2 Å². The number of hydrogen-bond acceptors (Lipinski definition) is 11. The van der Waals surface area contributed by atoms with E-state index in [1.807, 2.05) is 24.3 Å². The van der Waals surface area contributed by atoms with Crippen LogP contribution < -0.4 is 0 Å². The minimum atomic E-state index is -1.20. The lowest BCUT2D eigenvalue weighted by atomic mass is 9.93. The summed E-state index contributed by atoms with van der Waals surface area (Å²) in [6.45, 7) is 17.6. The molecule has 2 unspecified atom stereocenters. The first-order valence-electron chi connectivity index (χ1n) is 15.9.